The molecule has 0 aliphatic carbocycles. The summed E-state index contributed by atoms with van der Waals surface area (Å²) >= 11 is 0. The zero-order chi connectivity index (χ0) is 12.7. The van der Waals surface area contributed by atoms with Crippen molar-refractivity contribution >= 4 is 0 Å². The molecule has 0 unspecified atom stereocenters. The van der Waals surface area contributed by atoms with Crippen LogP contribution in [0.5, 0.6) is 0 Å². The number of benzene rings is 1. The summed E-state index contributed by atoms with van der Waals surface area (Å²) in [7, 11) is 1.65. The molecule has 0 aliphatic heterocycles. The number of hydrogen-bond donors (Lipinski definition) is 1. The largest absolute Gasteiger partial charge is 0.388 e. The molecular weight excluding hydrogens is 214 g/mol. The summed E-state index contributed by atoms with van der Waals surface area (Å²) in [5.41, 5.74) is 0.522. The second-order valence-electron chi connectivity index (χ2n) is 4.40. The van der Waals surface area contributed by atoms with E-state index in [4.69, 9.17) is 4.84 Å². The molecule has 1 N–H and O–H groups in total. The molecule has 0 spiro atoms. The van der Waals surface area contributed by atoms with Crippen LogP contribution in [0.1, 0.15) is 32.3 Å². The maximum atomic E-state index is 10.3. The van der Waals surface area contributed by atoms with E-state index in [0.717, 1.165) is 12.8 Å². The van der Waals surface area contributed by atoms with Crippen molar-refractivity contribution in [3.63, 3.8) is 0 Å². The monoisotopic (exact) mass is 237 g/mol. The summed E-state index contributed by atoms with van der Waals surface area (Å²) in [6, 6.07) is 10.1. The van der Waals surface area contributed by atoms with E-state index < -0.39 is 5.60 Å². The Hall–Kier alpha value is -0.900. The maximum absolute atomic E-state index is 10.3. The van der Waals surface area contributed by atoms with Gasteiger partial charge >= 0.3 is 0 Å². The number of aliphatic hydroxyl groups is 1. The Morgan fingerprint density at radius 2 is 1.76 bits per heavy atom. The van der Waals surface area contributed by atoms with Gasteiger partial charge in [-0.25, -0.2) is 0 Å². The van der Waals surface area contributed by atoms with Crippen molar-refractivity contribution in [3.8, 4) is 0 Å². The minimum absolute atomic E-state index is 0.533. The molecule has 1 rings (SSSR count). The molecule has 3 nitrogen and oxygen atoms in total. The fourth-order valence-corrected chi connectivity index (χ4v) is 1.77. The molecule has 1 aromatic carbocycles. The lowest BCUT2D eigenvalue weighted by Crippen LogP contribution is -2.41. The molecule has 0 atom stereocenters. The molecule has 0 saturated heterocycles. The molecule has 1 aromatic rings. The number of hydroxylamine groups is 2. The summed E-state index contributed by atoms with van der Waals surface area (Å²) in [5, 5.41) is 12.1. The van der Waals surface area contributed by atoms with Gasteiger partial charge in [-0.05, 0) is 18.4 Å². The van der Waals surface area contributed by atoms with Gasteiger partial charge in [0.1, 0.15) is 0 Å². The van der Waals surface area contributed by atoms with E-state index in [1.807, 2.05) is 37.1 Å². The van der Waals surface area contributed by atoms with Crippen LogP contribution in [0.15, 0.2) is 30.3 Å². The molecule has 0 fully saturated rings. The van der Waals surface area contributed by atoms with Gasteiger partial charge in [-0.15, -0.1) is 0 Å². The summed E-state index contributed by atoms with van der Waals surface area (Å²) < 4.78 is 0. The molecule has 3 heteroatoms. The molecule has 0 amide bonds. The van der Waals surface area contributed by atoms with Gasteiger partial charge in [0.25, 0.3) is 0 Å². The normalized spacial score (nSPS) is 12.1. The van der Waals surface area contributed by atoms with E-state index in [1.54, 1.807) is 7.11 Å². The van der Waals surface area contributed by atoms with Crippen LogP contribution in [0.3, 0.4) is 0 Å². The first kappa shape index (κ1) is 14.2. The van der Waals surface area contributed by atoms with Crippen molar-refractivity contribution in [2.45, 2.75) is 38.8 Å². The Morgan fingerprint density at radius 3 is 2.24 bits per heavy atom. The second-order valence-corrected chi connectivity index (χ2v) is 4.40. The van der Waals surface area contributed by atoms with Gasteiger partial charge in [-0.3, -0.25) is 0 Å². The van der Waals surface area contributed by atoms with Crippen LogP contribution in [-0.4, -0.2) is 29.4 Å². The van der Waals surface area contributed by atoms with Crippen molar-refractivity contribution in [1.82, 2.24) is 5.06 Å². The Bertz CT molecular complexity index is 309. The highest BCUT2D eigenvalue weighted by Gasteiger charge is 2.25. The highest BCUT2D eigenvalue weighted by atomic mass is 16.7. The Kier molecular flexibility index (Phi) is 5.62. The SMILES string of the molecule is CCC(O)(CC)CN(Cc1ccccc1)OC. The summed E-state index contributed by atoms with van der Waals surface area (Å²) in [6.45, 7) is 5.23. The van der Waals surface area contributed by atoms with Gasteiger partial charge in [-0.1, -0.05) is 44.2 Å². The standard InChI is InChI=1S/C14H23NO2/c1-4-14(16,5-2)12-15(17-3)11-13-9-7-6-8-10-13/h6-10,16H,4-5,11-12H2,1-3H3. The molecule has 0 aromatic heterocycles. The Balaban J connectivity index is 2.60. The van der Waals surface area contributed by atoms with Crippen molar-refractivity contribution in [3.05, 3.63) is 35.9 Å². The minimum atomic E-state index is -0.662. The van der Waals surface area contributed by atoms with Gasteiger partial charge in [0.2, 0.25) is 0 Å². The maximum Gasteiger partial charge on any atom is 0.0792 e. The smallest absolute Gasteiger partial charge is 0.0792 e. The van der Waals surface area contributed by atoms with Gasteiger partial charge in [0, 0.05) is 6.54 Å². The quantitative estimate of drug-likeness (QED) is 0.740. The van der Waals surface area contributed by atoms with Gasteiger partial charge < -0.3 is 9.94 Å². The fourth-order valence-electron chi connectivity index (χ4n) is 1.77. The first-order valence-corrected chi connectivity index (χ1v) is 6.19. The van der Waals surface area contributed by atoms with Gasteiger partial charge in [0.15, 0.2) is 0 Å². The fraction of sp³-hybridized carbons (Fsp3) is 0.571. The second kappa shape index (κ2) is 6.74. The first-order chi connectivity index (χ1) is 8.13. The van der Waals surface area contributed by atoms with Crippen LogP contribution in [0.25, 0.3) is 0 Å². The predicted molar refractivity (Wildman–Crippen MR) is 69.4 cm³/mol. The van der Waals surface area contributed by atoms with E-state index in [2.05, 4.69) is 12.1 Å². The molecule has 0 saturated carbocycles. The van der Waals surface area contributed by atoms with Crippen molar-refractivity contribution in [2.24, 2.45) is 0 Å². The van der Waals surface area contributed by atoms with Gasteiger partial charge in [0.05, 0.1) is 19.3 Å². The molecule has 0 aliphatic rings. The number of hydrogen-bond acceptors (Lipinski definition) is 3. The van der Waals surface area contributed by atoms with Crippen LogP contribution in [0.4, 0.5) is 0 Å². The lowest BCUT2D eigenvalue weighted by atomic mass is 9.97. The average molecular weight is 237 g/mol. The Labute approximate surface area is 104 Å². The summed E-state index contributed by atoms with van der Waals surface area (Å²) in [4.78, 5) is 5.33. The molecule has 0 radical (unpaired) electrons. The third kappa shape index (κ3) is 4.46. The van der Waals surface area contributed by atoms with E-state index in [0.29, 0.717) is 13.1 Å². The molecule has 0 heterocycles. The number of nitrogens with zero attached hydrogens (tertiary/aromatic N) is 1. The third-order valence-corrected chi connectivity index (χ3v) is 3.25. The zero-order valence-electron chi connectivity index (χ0n) is 11.0. The average Bonchev–Trinajstić information content (AvgIpc) is 2.39. The molecule has 0 bridgehead atoms. The van der Waals surface area contributed by atoms with Crippen molar-refractivity contribution < 1.29 is 9.94 Å². The summed E-state index contributed by atoms with van der Waals surface area (Å²) in [6.07, 6.45) is 1.47. The topological polar surface area (TPSA) is 32.7 Å². The minimum Gasteiger partial charge on any atom is -0.388 e. The first-order valence-electron chi connectivity index (χ1n) is 6.19. The number of rotatable bonds is 7. The third-order valence-electron chi connectivity index (χ3n) is 3.25. The van der Waals surface area contributed by atoms with Crippen LogP contribution < -0.4 is 0 Å². The zero-order valence-corrected chi connectivity index (χ0v) is 11.0. The van der Waals surface area contributed by atoms with E-state index in [9.17, 15) is 5.11 Å². The van der Waals surface area contributed by atoms with Crippen LogP contribution in [0.2, 0.25) is 0 Å². The predicted octanol–water partition coefficient (Wildman–Crippen LogP) is 2.60. The van der Waals surface area contributed by atoms with E-state index in [1.165, 1.54) is 5.56 Å². The van der Waals surface area contributed by atoms with Crippen molar-refractivity contribution in [1.29, 1.82) is 0 Å². The lowest BCUT2D eigenvalue weighted by Gasteiger charge is -2.31. The molecule has 17 heavy (non-hydrogen) atoms. The molecule has 96 valence electrons. The van der Waals surface area contributed by atoms with E-state index in [-0.39, 0.29) is 0 Å². The van der Waals surface area contributed by atoms with Crippen molar-refractivity contribution in [2.75, 3.05) is 13.7 Å². The van der Waals surface area contributed by atoms with Crippen LogP contribution >= 0.6 is 0 Å². The van der Waals surface area contributed by atoms with Crippen LogP contribution in [0, 0.1) is 0 Å². The Morgan fingerprint density at radius 1 is 1.18 bits per heavy atom. The summed E-state index contributed by atoms with van der Waals surface area (Å²) in [5.74, 6) is 0. The highest BCUT2D eigenvalue weighted by Crippen LogP contribution is 2.17. The lowest BCUT2D eigenvalue weighted by molar-refractivity contribution is -0.176. The molecular formula is C14H23NO2. The van der Waals surface area contributed by atoms with Crippen LogP contribution in [-0.2, 0) is 11.4 Å². The van der Waals surface area contributed by atoms with E-state index >= 15 is 0 Å². The van der Waals surface area contributed by atoms with Gasteiger partial charge in [-0.2, -0.15) is 5.06 Å². The highest BCUT2D eigenvalue weighted by molar-refractivity contribution is 5.14.